The van der Waals surface area contributed by atoms with Crippen molar-refractivity contribution >= 4 is 0 Å². The van der Waals surface area contributed by atoms with E-state index in [2.05, 4.69) is 18.9 Å². The van der Waals surface area contributed by atoms with Crippen LogP contribution in [0.25, 0.3) is 0 Å². The first-order valence-electron chi connectivity index (χ1n) is 6.33. The quantitative estimate of drug-likeness (QED) is 0.765. The van der Waals surface area contributed by atoms with Crippen LogP contribution in [0.15, 0.2) is 0 Å². The van der Waals surface area contributed by atoms with Gasteiger partial charge in [-0.15, -0.1) is 0 Å². The summed E-state index contributed by atoms with van der Waals surface area (Å²) in [5.41, 5.74) is 5.99. The maximum atomic E-state index is 5.97. The minimum Gasteiger partial charge on any atom is -0.377 e. The Labute approximate surface area is 98.1 Å². The number of rotatable bonds is 4. The van der Waals surface area contributed by atoms with Gasteiger partial charge in [-0.1, -0.05) is 0 Å². The Hall–Kier alpha value is -0.160. The first-order valence-corrected chi connectivity index (χ1v) is 6.33. The molecule has 94 valence electrons. The fourth-order valence-corrected chi connectivity index (χ4v) is 2.97. The third kappa shape index (κ3) is 2.12. The van der Waals surface area contributed by atoms with E-state index in [-0.39, 0.29) is 11.6 Å². The summed E-state index contributed by atoms with van der Waals surface area (Å²) in [4.78, 5) is 2.36. The largest absolute Gasteiger partial charge is 0.377 e. The van der Waals surface area contributed by atoms with Crippen LogP contribution in [0, 0.1) is 0 Å². The van der Waals surface area contributed by atoms with Crippen LogP contribution in [0.5, 0.6) is 0 Å². The Morgan fingerprint density at radius 1 is 1.38 bits per heavy atom. The number of hydrogen-bond donors (Lipinski definition) is 1. The van der Waals surface area contributed by atoms with Gasteiger partial charge in [-0.05, 0) is 33.2 Å². The zero-order valence-corrected chi connectivity index (χ0v) is 10.4. The molecule has 0 bridgehead atoms. The monoisotopic (exact) mass is 228 g/mol. The van der Waals surface area contributed by atoms with Gasteiger partial charge in [0, 0.05) is 26.3 Å². The first-order chi connectivity index (χ1) is 7.69. The van der Waals surface area contributed by atoms with Gasteiger partial charge in [0.15, 0.2) is 0 Å². The van der Waals surface area contributed by atoms with Crippen LogP contribution in [0.1, 0.15) is 26.2 Å². The molecule has 2 aliphatic heterocycles. The molecule has 2 rings (SSSR count). The molecule has 0 radical (unpaired) electrons. The summed E-state index contributed by atoms with van der Waals surface area (Å²) in [7, 11) is 2.15. The number of hydrogen-bond acceptors (Lipinski definition) is 4. The highest BCUT2D eigenvalue weighted by molar-refractivity contribution is 5.00. The number of nitrogens with zero attached hydrogens (tertiary/aromatic N) is 1. The Bertz CT molecular complexity index is 231. The molecule has 0 aliphatic carbocycles. The highest BCUT2D eigenvalue weighted by atomic mass is 16.5. The van der Waals surface area contributed by atoms with Gasteiger partial charge in [-0.3, -0.25) is 4.90 Å². The van der Waals surface area contributed by atoms with Crippen molar-refractivity contribution in [1.82, 2.24) is 4.90 Å². The summed E-state index contributed by atoms with van der Waals surface area (Å²) < 4.78 is 11.4. The summed E-state index contributed by atoms with van der Waals surface area (Å²) >= 11 is 0. The zero-order chi connectivity index (χ0) is 11.6. The molecule has 4 heteroatoms. The van der Waals surface area contributed by atoms with Crippen molar-refractivity contribution < 1.29 is 9.47 Å². The van der Waals surface area contributed by atoms with Gasteiger partial charge >= 0.3 is 0 Å². The lowest BCUT2D eigenvalue weighted by Gasteiger charge is -2.41. The summed E-state index contributed by atoms with van der Waals surface area (Å²) in [6.45, 7) is 5.52. The van der Waals surface area contributed by atoms with E-state index in [0.717, 1.165) is 26.2 Å². The van der Waals surface area contributed by atoms with Gasteiger partial charge in [0.05, 0.1) is 17.7 Å². The predicted octanol–water partition coefficient (Wildman–Crippen LogP) is 0.604. The average molecular weight is 228 g/mol. The Balaban J connectivity index is 1.97. The van der Waals surface area contributed by atoms with E-state index >= 15 is 0 Å². The lowest BCUT2D eigenvalue weighted by molar-refractivity contribution is -0.00169. The van der Waals surface area contributed by atoms with E-state index in [9.17, 15) is 0 Å². The summed E-state index contributed by atoms with van der Waals surface area (Å²) in [6.07, 6.45) is 4.03. The van der Waals surface area contributed by atoms with E-state index in [1.54, 1.807) is 0 Å². The second kappa shape index (κ2) is 5.00. The minimum absolute atomic E-state index is 0.0198. The van der Waals surface area contributed by atoms with E-state index < -0.39 is 0 Å². The van der Waals surface area contributed by atoms with Crippen LogP contribution in [0.4, 0.5) is 0 Å². The van der Waals surface area contributed by atoms with Gasteiger partial charge in [-0.25, -0.2) is 0 Å². The normalized spacial score (nSPS) is 39.8. The van der Waals surface area contributed by atoms with Crippen molar-refractivity contribution in [2.75, 3.05) is 33.4 Å². The van der Waals surface area contributed by atoms with E-state index in [1.165, 1.54) is 12.8 Å². The Morgan fingerprint density at radius 2 is 2.19 bits per heavy atom. The van der Waals surface area contributed by atoms with Gasteiger partial charge in [0.2, 0.25) is 0 Å². The van der Waals surface area contributed by atoms with Crippen LogP contribution in [0.3, 0.4) is 0 Å². The molecule has 2 N–H and O–H groups in total. The molecule has 2 saturated heterocycles. The molecule has 2 heterocycles. The predicted molar refractivity (Wildman–Crippen MR) is 63.4 cm³/mol. The molecule has 0 aromatic rings. The molecule has 0 aromatic heterocycles. The highest BCUT2D eigenvalue weighted by Gasteiger charge is 2.44. The van der Waals surface area contributed by atoms with E-state index in [0.29, 0.717) is 12.6 Å². The lowest BCUT2D eigenvalue weighted by Crippen LogP contribution is -2.58. The molecular weight excluding hydrogens is 204 g/mol. The highest BCUT2D eigenvalue weighted by Crippen LogP contribution is 2.31. The number of nitrogens with two attached hydrogens (primary N) is 1. The molecule has 0 saturated carbocycles. The van der Waals surface area contributed by atoms with E-state index in [1.807, 2.05) is 0 Å². The van der Waals surface area contributed by atoms with Crippen LogP contribution in [-0.2, 0) is 9.47 Å². The summed E-state index contributed by atoms with van der Waals surface area (Å²) in [5, 5.41) is 0. The standard InChI is InChI=1S/C12H24N2O2/c1-10-12(9-13,5-7-15-10)14(2)8-11-4-3-6-16-11/h10-11H,3-9,13H2,1-2H3. The van der Waals surface area contributed by atoms with Crippen LogP contribution in [0.2, 0.25) is 0 Å². The molecule has 0 aromatic carbocycles. The third-order valence-electron chi connectivity index (χ3n) is 4.27. The molecule has 0 spiro atoms. The molecule has 4 nitrogen and oxygen atoms in total. The second-order valence-electron chi connectivity index (χ2n) is 5.09. The van der Waals surface area contributed by atoms with Crippen molar-refractivity contribution in [1.29, 1.82) is 0 Å². The fourth-order valence-electron chi connectivity index (χ4n) is 2.97. The minimum atomic E-state index is 0.0198. The molecule has 3 unspecified atom stereocenters. The topological polar surface area (TPSA) is 47.7 Å². The van der Waals surface area contributed by atoms with Crippen LogP contribution < -0.4 is 5.73 Å². The molecule has 3 atom stereocenters. The summed E-state index contributed by atoms with van der Waals surface area (Å²) in [6, 6.07) is 0. The number of ether oxygens (including phenoxy) is 2. The summed E-state index contributed by atoms with van der Waals surface area (Å²) in [5.74, 6) is 0. The average Bonchev–Trinajstić information content (AvgIpc) is 2.88. The molecule has 2 aliphatic rings. The maximum Gasteiger partial charge on any atom is 0.0743 e. The lowest BCUT2D eigenvalue weighted by atomic mass is 9.90. The van der Waals surface area contributed by atoms with Gasteiger partial charge in [-0.2, -0.15) is 0 Å². The Morgan fingerprint density at radius 3 is 2.69 bits per heavy atom. The SMILES string of the molecule is CC1OCCC1(CN)N(C)CC1CCCO1. The molecule has 2 fully saturated rings. The van der Waals surface area contributed by atoms with Crippen LogP contribution in [-0.4, -0.2) is 56.0 Å². The molecule has 0 amide bonds. The molecular formula is C12H24N2O2. The molecule has 16 heavy (non-hydrogen) atoms. The van der Waals surface area contributed by atoms with Gasteiger partial charge in [0.25, 0.3) is 0 Å². The van der Waals surface area contributed by atoms with Gasteiger partial charge in [0.1, 0.15) is 0 Å². The first kappa shape index (κ1) is 12.3. The van der Waals surface area contributed by atoms with Crippen molar-refractivity contribution in [2.24, 2.45) is 5.73 Å². The Kier molecular flexibility index (Phi) is 3.85. The zero-order valence-electron chi connectivity index (χ0n) is 10.4. The van der Waals surface area contributed by atoms with Crippen molar-refractivity contribution in [3.8, 4) is 0 Å². The number of likely N-dealkylation sites (N-methyl/N-ethyl adjacent to an activating group) is 1. The van der Waals surface area contributed by atoms with Crippen molar-refractivity contribution in [3.05, 3.63) is 0 Å². The van der Waals surface area contributed by atoms with Crippen molar-refractivity contribution in [2.45, 2.75) is 43.9 Å². The fraction of sp³-hybridized carbons (Fsp3) is 1.00. The maximum absolute atomic E-state index is 5.97. The van der Waals surface area contributed by atoms with Crippen molar-refractivity contribution in [3.63, 3.8) is 0 Å². The van der Waals surface area contributed by atoms with Gasteiger partial charge < -0.3 is 15.2 Å². The smallest absolute Gasteiger partial charge is 0.0743 e. The third-order valence-corrected chi connectivity index (χ3v) is 4.27. The van der Waals surface area contributed by atoms with E-state index in [4.69, 9.17) is 15.2 Å². The second-order valence-corrected chi connectivity index (χ2v) is 5.09. The van der Waals surface area contributed by atoms with Crippen LogP contribution >= 0.6 is 0 Å².